The second-order valence-electron chi connectivity index (χ2n) is 5.69. The molecule has 1 aliphatic rings. The minimum Gasteiger partial charge on any atom is -0.493 e. The molecule has 1 aromatic rings. The molecule has 0 aliphatic carbocycles. The predicted octanol–water partition coefficient (Wildman–Crippen LogP) is 2.41. The van der Waals surface area contributed by atoms with Crippen molar-refractivity contribution in [3.63, 3.8) is 0 Å². The molecule has 0 aromatic heterocycles. The Kier molecular flexibility index (Phi) is 7.32. The third-order valence-corrected chi connectivity index (χ3v) is 4.02. The van der Waals surface area contributed by atoms with Crippen LogP contribution in [0.4, 0.5) is 4.79 Å². The van der Waals surface area contributed by atoms with E-state index in [1.807, 2.05) is 25.1 Å². The zero-order chi connectivity index (χ0) is 18.9. The molecule has 0 N–H and O–H groups in total. The zero-order valence-electron chi connectivity index (χ0n) is 15.6. The molecule has 0 spiro atoms. The monoisotopic (exact) mass is 362 g/mol. The van der Waals surface area contributed by atoms with Crippen LogP contribution in [-0.4, -0.2) is 68.3 Å². The first kappa shape index (κ1) is 19.6. The van der Waals surface area contributed by atoms with Crippen LogP contribution in [0.15, 0.2) is 24.3 Å². The molecular weight excluding hydrogens is 336 g/mol. The van der Waals surface area contributed by atoms with E-state index in [0.29, 0.717) is 50.9 Å². The summed E-state index contributed by atoms with van der Waals surface area (Å²) in [6.07, 6.45) is 2.96. The van der Waals surface area contributed by atoms with Gasteiger partial charge in [-0.05, 0) is 37.6 Å². The van der Waals surface area contributed by atoms with Gasteiger partial charge in [0.2, 0.25) is 5.91 Å². The van der Waals surface area contributed by atoms with Gasteiger partial charge in [0, 0.05) is 32.3 Å². The topological polar surface area (TPSA) is 68.3 Å². The Labute approximate surface area is 154 Å². The van der Waals surface area contributed by atoms with Crippen LogP contribution in [-0.2, 0) is 9.53 Å². The number of carbonyl (C=O) groups is 2. The van der Waals surface area contributed by atoms with Crippen LogP contribution < -0.4 is 9.47 Å². The van der Waals surface area contributed by atoms with Crippen LogP contribution in [0.25, 0.3) is 6.08 Å². The molecule has 1 saturated heterocycles. The van der Waals surface area contributed by atoms with E-state index in [9.17, 15) is 9.59 Å². The van der Waals surface area contributed by atoms with Gasteiger partial charge in [0.05, 0.1) is 20.3 Å². The van der Waals surface area contributed by atoms with E-state index in [1.54, 1.807) is 29.9 Å². The molecule has 1 aliphatic heterocycles. The molecule has 0 saturated carbocycles. The third-order valence-electron chi connectivity index (χ3n) is 4.02. The lowest BCUT2D eigenvalue weighted by Gasteiger charge is -2.33. The number of piperazine rings is 1. The highest BCUT2D eigenvalue weighted by molar-refractivity contribution is 5.92. The number of ether oxygens (including phenoxy) is 3. The molecule has 142 valence electrons. The quantitative estimate of drug-likeness (QED) is 0.727. The summed E-state index contributed by atoms with van der Waals surface area (Å²) in [5, 5.41) is 0. The van der Waals surface area contributed by atoms with Crippen LogP contribution in [0.1, 0.15) is 19.4 Å². The Morgan fingerprint density at radius 3 is 2.35 bits per heavy atom. The number of benzene rings is 1. The summed E-state index contributed by atoms with van der Waals surface area (Å²) < 4.78 is 15.8. The van der Waals surface area contributed by atoms with Crippen molar-refractivity contribution in [2.24, 2.45) is 0 Å². The summed E-state index contributed by atoms with van der Waals surface area (Å²) in [6.45, 7) is 6.55. The number of hydrogen-bond donors (Lipinski definition) is 0. The minimum absolute atomic E-state index is 0.0821. The molecule has 26 heavy (non-hydrogen) atoms. The van der Waals surface area contributed by atoms with E-state index < -0.39 is 0 Å². The van der Waals surface area contributed by atoms with Gasteiger partial charge >= 0.3 is 6.09 Å². The second-order valence-corrected chi connectivity index (χ2v) is 5.69. The number of methoxy groups -OCH3 is 1. The van der Waals surface area contributed by atoms with E-state index in [1.165, 1.54) is 6.08 Å². The lowest BCUT2D eigenvalue weighted by Crippen LogP contribution is -2.50. The van der Waals surface area contributed by atoms with Crippen molar-refractivity contribution >= 4 is 18.1 Å². The molecule has 7 nitrogen and oxygen atoms in total. The number of hydrogen-bond acceptors (Lipinski definition) is 5. The standard InChI is InChI=1S/C19H26N2O5/c1-4-25-16-8-6-15(14-17(16)24-3)7-9-18(22)20-10-12-21(13-11-20)19(23)26-5-2/h6-9,14H,4-5,10-13H2,1-3H3/b9-7+. The highest BCUT2D eigenvalue weighted by Gasteiger charge is 2.23. The van der Waals surface area contributed by atoms with E-state index in [-0.39, 0.29) is 12.0 Å². The average molecular weight is 362 g/mol. The van der Waals surface area contributed by atoms with Crippen molar-refractivity contribution in [2.45, 2.75) is 13.8 Å². The molecule has 0 bridgehead atoms. The summed E-state index contributed by atoms with van der Waals surface area (Å²) in [4.78, 5) is 27.4. The van der Waals surface area contributed by atoms with Gasteiger partial charge in [-0.15, -0.1) is 0 Å². The van der Waals surface area contributed by atoms with Crippen molar-refractivity contribution in [3.8, 4) is 11.5 Å². The molecular formula is C19H26N2O5. The van der Waals surface area contributed by atoms with Gasteiger partial charge in [-0.2, -0.15) is 0 Å². The lowest BCUT2D eigenvalue weighted by molar-refractivity contribution is -0.127. The highest BCUT2D eigenvalue weighted by atomic mass is 16.6. The molecule has 1 aromatic carbocycles. The van der Waals surface area contributed by atoms with Gasteiger partial charge in [-0.1, -0.05) is 6.07 Å². The van der Waals surface area contributed by atoms with Crippen LogP contribution in [0, 0.1) is 0 Å². The van der Waals surface area contributed by atoms with Gasteiger partial charge < -0.3 is 24.0 Å². The molecule has 0 radical (unpaired) electrons. The summed E-state index contributed by atoms with van der Waals surface area (Å²) >= 11 is 0. The first-order chi connectivity index (χ1) is 12.6. The second kappa shape index (κ2) is 9.70. The Morgan fingerprint density at radius 1 is 1.04 bits per heavy atom. The van der Waals surface area contributed by atoms with Crippen LogP contribution in [0.5, 0.6) is 11.5 Å². The maximum Gasteiger partial charge on any atom is 0.409 e. The largest absolute Gasteiger partial charge is 0.493 e. The van der Waals surface area contributed by atoms with Crippen molar-refractivity contribution in [2.75, 3.05) is 46.5 Å². The fraction of sp³-hybridized carbons (Fsp3) is 0.474. The predicted molar refractivity (Wildman–Crippen MR) is 98.4 cm³/mol. The number of nitrogens with zero attached hydrogens (tertiary/aromatic N) is 2. The Balaban J connectivity index is 1.92. The van der Waals surface area contributed by atoms with E-state index >= 15 is 0 Å². The Morgan fingerprint density at radius 2 is 1.73 bits per heavy atom. The smallest absolute Gasteiger partial charge is 0.409 e. The fourth-order valence-corrected chi connectivity index (χ4v) is 2.66. The molecule has 2 rings (SSSR count). The van der Waals surface area contributed by atoms with Gasteiger partial charge in [-0.25, -0.2) is 4.79 Å². The van der Waals surface area contributed by atoms with Crippen molar-refractivity contribution < 1.29 is 23.8 Å². The van der Waals surface area contributed by atoms with Gasteiger partial charge in [0.15, 0.2) is 11.5 Å². The zero-order valence-corrected chi connectivity index (χ0v) is 15.6. The summed E-state index contributed by atoms with van der Waals surface area (Å²) in [7, 11) is 1.58. The van der Waals surface area contributed by atoms with Crippen molar-refractivity contribution in [3.05, 3.63) is 29.8 Å². The molecule has 2 amide bonds. The highest BCUT2D eigenvalue weighted by Crippen LogP contribution is 2.28. The van der Waals surface area contributed by atoms with E-state index in [4.69, 9.17) is 14.2 Å². The van der Waals surface area contributed by atoms with Crippen molar-refractivity contribution in [1.29, 1.82) is 0 Å². The Hall–Kier alpha value is -2.70. The summed E-state index contributed by atoms with van der Waals surface area (Å²) in [5.74, 6) is 1.22. The summed E-state index contributed by atoms with van der Waals surface area (Å²) in [6, 6.07) is 5.52. The van der Waals surface area contributed by atoms with Crippen molar-refractivity contribution in [1.82, 2.24) is 9.80 Å². The SMILES string of the molecule is CCOC(=O)N1CCN(C(=O)/C=C/c2ccc(OCC)c(OC)c2)CC1. The normalized spacial score (nSPS) is 14.4. The lowest BCUT2D eigenvalue weighted by atomic mass is 10.2. The number of carbonyl (C=O) groups excluding carboxylic acids is 2. The molecule has 0 atom stereocenters. The van der Waals surface area contributed by atoms with E-state index in [2.05, 4.69) is 0 Å². The summed E-state index contributed by atoms with van der Waals surface area (Å²) in [5.41, 5.74) is 0.851. The van der Waals surface area contributed by atoms with E-state index in [0.717, 1.165) is 5.56 Å². The van der Waals surface area contributed by atoms with Gasteiger partial charge in [0.1, 0.15) is 0 Å². The van der Waals surface area contributed by atoms with Crippen LogP contribution >= 0.6 is 0 Å². The van der Waals surface area contributed by atoms with Crippen LogP contribution in [0.2, 0.25) is 0 Å². The Bertz CT molecular complexity index is 651. The molecule has 0 unspecified atom stereocenters. The number of rotatable bonds is 6. The first-order valence-electron chi connectivity index (χ1n) is 8.78. The molecule has 1 heterocycles. The maximum absolute atomic E-state index is 12.3. The number of amides is 2. The first-order valence-corrected chi connectivity index (χ1v) is 8.78. The van der Waals surface area contributed by atoms with Gasteiger partial charge in [0.25, 0.3) is 0 Å². The average Bonchev–Trinajstić information content (AvgIpc) is 2.67. The molecule has 7 heteroatoms. The fourth-order valence-electron chi connectivity index (χ4n) is 2.66. The van der Waals surface area contributed by atoms with Crippen LogP contribution in [0.3, 0.4) is 0 Å². The third kappa shape index (κ3) is 5.15. The minimum atomic E-state index is -0.323. The van der Waals surface area contributed by atoms with Gasteiger partial charge in [-0.3, -0.25) is 4.79 Å². The molecule has 1 fully saturated rings. The maximum atomic E-state index is 12.3.